The van der Waals surface area contributed by atoms with Crippen LogP contribution in [0.4, 0.5) is 0 Å². The molecule has 0 aliphatic carbocycles. The van der Waals surface area contributed by atoms with Gasteiger partial charge in [0.15, 0.2) is 0 Å². The third kappa shape index (κ3) is 9.92. The molecule has 0 heterocycles. The SMILES string of the molecule is CCNCCCOC(C)(C)C. The zero-order chi connectivity index (χ0) is 8.74. The highest BCUT2D eigenvalue weighted by molar-refractivity contribution is 4.58. The Morgan fingerprint density at radius 1 is 1.27 bits per heavy atom. The van der Waals surface area contributed by atoms with Gasteiger partial charge in [-0.15, -0.1) is 0 Å². The van der Waals surface area contributed by atoms with E-state index in [9.17, 15) is 0 Å². The van der Waals surface area contributed by atoms with Gasteiger partial charge < -0.3 is 10.1 Å². The molecule has 0 spiro atoms. The highest BCUT2D eigenvalue weighted by Gasteiger charge is 2.08. The number of ether oxygens (including phenoxy) is 1. The second-order valence-corrected chi connectivity index (χ2v) is 3.67. The van der Waals surface area contributed by atoms with Gasteiger partial charge in [0.2, 0.25) is 0 Å². The van der Waals surface area contributed by atoms with Gasteiger partial charge in [-0.05, 0) is 40.3 Å². The van der Waals surface area contributed by atoms with E-state index in [1.165, 1.54) is 0 Å². The van der Waals surface area contributed by atoms with Gasteiger partial charge in [0.25, 0.3) is 0 Å². The standard InChI is InChI=1S/C9H21NO/c1-5-10-7-6-8-11-9(2,3)4/h10H,5-8H2,1-4H3. The summed E-state index contributed by atoms with van der Waals surface area (Å²) in [6.07, 6.45) is 1.10. The first kappa shape index (κ1) is 10.9. The van der Waals surface area contributed by atoms with Crippen LogP contribution in [0.1, 0.15) is 34.1 Å². The molecule has 0 saturated heterocycles. The van der Waals surface area contributed by atoms with Crippen LogP contribution in [0.5, 0.6) is 0 Å². The Hall–Kier alpha value is -0.0800. The van der Waals surface area contributed by atoms with Gasteiger partial charge in [-0.1, -0.05) is 6.92 Å². The van der Waals surface area contributed by atoms with E-state index < -0.39 is 0 Å². The fraction of sp³-hybridized carbons (Fsp3) is 1.00. The number of rotatable bonds is 5. The van der Waals surface area contributed by atoms with E-state index in [1.54, 1.807) is 0 Å². The van der Waals surface area contributed by atoms with Crippen LogP contribution in [0.15, 0.2) is 0 Å². The molecule has 2 nitrogen and oxygen atoms in total. The first-order valence-electron chi connectivity index (χ1n) is 4.41. The third-order valence-corrected chi connectivity index (χ3v) is 1.28. The van der Waals surface area contributed by atoms with E-state index in [1.807, 2.05) is 0 Å². The monoisotopic (exact) mass is 159 g/mol. The lowest BCUT2D eigenvalue weighted by Gasteiger charge is -2.19. The molecule has 0 saturated carbocycles. The van der Waals surface area contributed by atoms with E-state index in [4.69, 9.17) is 4.74 Å². The Bertz CT molecular complexity index is 86.1. The van der Waals surface area contributed by atoms with Gasteiger partial charge >= 0.3 is 0 Å². The minimum absolute atomic E-state index is 0.0201. The first-order chi connectivity index (χ1) is 5.06. The van der Waals surface area contributed by atoms with Crippen molar-refractivity contribution in [3.05, 3.63) is 0 Å². The molecule has 2 heteroatoms. The summed E-state index contributed by atoms with van der Waals surface area (Å²) in [5.41, 5.74) is 0.0201. The van der Waals surface area contributed by atoms with Crippen molar-refractivity contribution in [1.29, 1.82) is 0 Å². The topological polar surface area (TPSA) is 21.3 Å². The van der Waals surface area contributed by atoms with Crippen LogP contribution in [0, 0.1) is 0 Å². The summed E-state index contributed by atoms with van der Waals surface area (Å²) in [5.74, 6) is 0. The van der Waals surface area contributed by atoms with Crippen LogP contribution in [0.2, 0.25) is 0 Å². The van der Waals surface area contributed by atoms with Crippen LogP contribution < -0.4 is 5.32 Å². The molecule has 0 unspecified atom stereocenters. The van der Waals surface area contributed by atoms with E-state index >= 15 is 0 Å². The second kappa shape index (κ2) is 5.56. The molecule has 0 aliphatic heterocycles. The summed E-state index contributed by atoms with van der Waals surface area (Å²) < 4.78 is 5.54. The summed E-state index contributed by atoms with van der Waals surface area (Å²) in [7, 11) is 0. The largest absolute Gasteiger partial charge is 0.376 e. The van der Waals surface area contributed by atoms with Crippen molar-refractivity contribution in [2.75, 3.05) is 19.7 Å². The summed E-state index contributed by atoms with van der Waals surface area (Å²) >= 11 is 0. The van der Waals surface area contributed by atoms with Gasteiger partial charge in [0, 0.05) is 6.61 Å². The lowest BCUT2D eigenvalue weighted by molar-refractivity contribution is -0.00372. The molecule has 0 rings (SSSR count). The summed E-state index contributed by atoms with van der Waals surface area (Å²) in [6.45, 7) is 11.3. The molecule has 0 amide bonds. The molecule has 0 atom stereocenters. The predicted octanol–water partition coefficient (Wildman–Crippen LogP) is 1.80. The van der Waals surface area contributed by atoms with E-state index in [0.717, 1.165) is 26.1 Å². The molecule has 0 aromatic carbocycles. The zero-order valence-electron chi connectivity index (χ0n) is 8.24. The third-order valence-electron chi connectivity index (χ3n) is 1.28. The Kier molecular flexibility index (Phi) is 5.51. The normalized spacial score (nSPS) is 12.0. The second-order valence-electron chi connectivity index (χ2n) is 3.67. The van der Waals surface area contributed by atoms with Crippen molar-refractivity contribution >= 4 is 0 Å². The Morgan fingerprint density at radius 2 is 1.91 bits per heavy atom. The average Bonchev–Trinajstić information content (AvgIpc) is 1.85. The van der Waals surface area contributed by atoms with Crippen LogP contribution in [0.3, 0.4) is 0 Å². The smallest absolute Gasteiger partial charge is 0.0598 e. The minimum atomic E-state index is 0.0201. The van der Waals surface area contributed by atoms with Crippen molar-refractivity contribution in [2.24, 2.45) is 0 Å². The maximum Gasteiger partial charge on any atom is 0.0598 e. The van der Waals surface area contributed by atoms with Gasteiger partial charge in [-0.3, -0.25) is 0 Å². The molecular weight excluding hydrogens is 138 g/mol. The summed E-state index contributed by atoms with van der Waals surface area (Å²) in [5, 5.41) is 3.25. The predicted molar refractivity (Wildman–Crippen MR) is 48.9 cm³/mol. The lowest BCUT2D eigenvalue weighted by Crippen LogP contribution is -2.22. The molecule has 68 valence electrons. The van der Waals surface area contributed by atoms with Gasteiger partial charge in [0.1, 0.15) is 0 Å². The van der Waals surface area contributed by atoms with Crippen LogP contribution >= 0.6 is 0 Å². The van der Waals surface area contributed by atoms with Gasteiger partial charge in [-0.2, -0.15) is 0 Å². The highest BCUT2D eigenvalue weighted by Crippen LogP contribution is 2.06. The fourth-order valence-electron chi connectivity index (χ4n) is 0.752. The maximum absolute atomic E-state index is 5.54. The van der Waals surface area contributed by atoms with Crippen LogP contribution in [-0.4, -0.2) is 25.3 Å². The van der Waals surface area contributed by atoms with E-state index in [0.29, 0.717) is 0 Å². The van der Waals surface area contributed by atoms with Crippen molar-refractivity contribution in [3.8, 4) is 0 Å². The molecule has 0 aliphatic rings. The van der Waals surface area contributed by atoms with E-state index in [-0.39, 0.29) is 5.60 Å². The molecule has 0 aromatic rings. The number of hydrogen-bond acceptors (Lipinski definition) is 2. The highest BCUT2D eigenvalue weighted by atomic mass is 16.5. The molecular formula is C9H21NO. The molecule has 0 bridgehead atoms. The van der Waals surface area contributed by atoms with Gasteiger partial charge in [0.05, 0.1) is 5.60 Å². The van der Waals surface area contributed by atoms with Gasteiger partial charge in [-0.25, -0.2) is 0 Å². The Labute approximate surface area is 70.3 Å². The van der Waals surface area contributed by atoms with Crippen molar-refractivity contribution in [1.82, 2.24) is 5.32 Å². The average molecular weight is 159 g/mol. The lowest BCUT2D eigenvalue weighted by atomic mass is 10.2. The summed E-state index contributed by atoms with van der Waals surface area (Å²) in [6, 6.07) is 0. The minimum Gasteiger partial charge on any atom is -0.376 e. The van der Waals surface area contributed by atoms with Crippen molar-refractivity contribution in [2.45, 2.75) is 39.7 Å². The molecule has 0 aromatic heterocycles. The summed E-state index contributed by atoms with van der Waals surface area (Å²) in [4.78, 5) is 0. The molecule has 11 heavy (non-hydrogen) atoms. The number of nitrogens with one attached hydrogen (secondary N) is 1. The maximum atomic E-state index is 5.54. The quantitative estimate of drug-likeness (QED) is 0.618. The molecule has 0 fully saturated rings. The van der Waals surface area contributed by atoms with E-state index in [2.05, 4.69) is 33.0 Å². The Balaban J connectivity index is 3.02. The van der Waals surface area contributed by atoms with Crippen molar-refractivity contribution < 1.29 is 4.74 Å². The Morgan fingerprint density at radius 3 is 2.36 bits per heavy atom. The fourth-order valence-corrected chi connectivity index (χ4v) is 0.752. The number of hydrogen-bond donors (Lipinski definition) is 1. The van der Waals surface area contributed by atoms with Crippen LogP contribution in [-0.2, 0) is 4.74 Å². The van der Waals surface area contributed by atoms with Crippen molar-refractivity contribution in [3.63, 3.8) is 0 Å². The molecule has 1 N–H and O–H groups in total. The first-order valence-corrected chi connectivity index (χ1v) is 4.41. The molecule has 0 radical (unpaired) electrons. The van der Waals surface area contributed by atoms with Crippen LogP contribution in [0.25, 0.3) is 0 Å². The zero-order valence-corrected chi connectivity index (χ0v) is 8.24.